The molecule has 1 aliphatic heterocycles. The number of benzene rings is 1. The second-order valence-corrected chi connectivity index (χ2v) is 15.6. The molecule has 0 spiro atoms. The normalized spacial score (nSPS) is 14.0. The van der Waals surface area contributed by atoms with Gasteiger partial charge in [-0.15, -0.1) is 0 Å². The summed E-state index contributed by atoms with van der Waals surface area (Å²) in [5.41, 5.74) is 3.75. The van der Waals surface area contributed by atoms with Crippen LogP contribution in [0.25, 0.3) is 0 Å². The minimum absolute atomic E-state index is 0.0100. The fourth-order valence-corrected chi connectivity index (χ4v) is 8.08. The van der Waals surface area contributed by atoms with Crippen molar-refractivity contribution in [3.63, 3.8) is 0 Å². The summed E-state index contributed by atoms with van der Waals surface area (Å²) in [6.07, 6.45) is 44.1. The first kappa shape index (κ1) is 42.0. The van der Waals surface area contributed by atoms with Gasteiger partial charge in [0.05, 0.1) is 0 Å². The third-order valence-corrected chi connectivity index (χ3v) is 11.3. The van der Waals surface area contributed by atoms with Crippen LogP contribution in [0.1, 0.15) is 243 Å². The fourth-order valence-electron chi connectivity index (χ4n) is 8.08. The van der Waals surface area contributed by atoms with Crippen LogP contribution in [0, 0.1) is 0 Å². The van der Waals surface area contributed by atoms with Crippen LogP contribution < -0.4 is 4.74 Å². The molecule has 1 aromatic rings. The molecule has 1 aliphatic rings. The van der Waals surface area contributed by atoms with Crippen LogP contribution in [0.5, 0.6) is 11.5 Å². The van der Waals surface area contributed by atoms with Crippen molar-refractivity contribution in [2.24, 2.45) is 0 Å². The molecule has 1 heterocycles. The number of hydrogen-bond donors (Lipinski definition) is 1. The van der Waals surface area contributed by atoms with Crippen molar-refractivity contribution in [3.8, 4) is 11.5 Å². The Morgan fingerprint density at radius 3 is 1.34 bits per heavy atom. The van der Waals surface area contributed by atoms with Gasteiger partial charge in [0.2, 0.25) is 0 Å². The molecule has 0 saturated heterocycles. The molecule has 0 amide bonds. The fraction of sp³-hybridized carbons (Fsp3) is 0.867. The Kier molecular flexibility index (Phi) is 24.7. The Hall–Kier alpha value is -1.18. The van der Waals surface area contributed by atoms with E-state index in [1.165, 1.54) is 204 Å². The number of fused-ring (bicyclic) bond motifs is 1. The number of ether oxygens (including phenoxy) is 1. The highest BCUT2D eigenvalue weighted by molar-refractivity contribution is 5.54. The van der Waals surface area contributed by atoms with Gasteiger partial charge in [-0.1, -0.05) is 182 Å². The number of hydrogen-bond acceptors (Lipinski definition) is 2. The summed E-state index contributed by atoms with van der Waals surface area (Å²) in [6.45, 7) is 9.21. The van der Waals surface area contributed by atoms with Crippen molar-refractivity contribution in [2.45, 2.75) is 252 Å². The van der Waals surface area contributed by atoms with Crippen LogP contribution in [0.2, 0.25) is 0 Å². The molecule has 0 aromatic heterocycles. The second-order valence-electron chi connectivity index (χ2n) is 15.6. The molecule has 274 valence electrons. The van der Waals surface area contributed by atoms with Gasteiger partial charge in [0, 0.05) is 11.1 Å². The predicted octanol–water partition coefficient (Wildman–Crippen LogP) is 15.3. The minimum Gasteiger partial charge on any atom is -0.507 e. The zero-order valence-corrected chi connectivity index (χ0v) is 32.5. The molecule has 0 radical (unpaired) electrons. The molecule has 0 bridgehead atoms. The highest BCUT2D eigenvalue weighted by Gasteiger charge is 2.37. The van der Waals surface area contributed by atoms with E-state index in [0.717, 1.165) is 37.0 Å². The van der Waals surface area contributed by atoms with Crippen molar-refractivity contribution >= 4 is 0 Å². The van der Waals surface area contributed by atoms with Gasteiger partial charge in [0.1, 0.15) is 17.1 Å². The maximum atomic E-state index is 11.7. The van der Waals surface area contributed by atoms with Crippen LogP contribution in [-0.4, -0.2) is 10.7 Å². The summed E-state index contributed by atoms with van der Waals surface area (Å²) in [7, 11) is 0. The van der Waals surface area contributed by atoms with Crippen LogP contribution in [-0.2, 0) is 19.3 Å². The van der Waals surface area contributed by atoms with Crippen molar-refractivity contribution in [3.05, 3.63) is 22.8 Å². The summed E-state index contributed by atoms with van der Waals surface area (Å²) < 4.78 is 7.28. The Balaban J connectivity index is 2.14. The van der Waals surface area contributed by atoms with E-state index in [0.29, 0.717) is 5.75 Å². The number of aryl methyl sites for hydroxylation is 1. The van der Waals surface area contributed by atoms with Gasteiger partial charge in [-0.2, -0.15) is 0 Å². The number of phenols is 1. The molecule has 47 heavy (non-hydrogen) atoms. The summed E-state index contributed by atoms with van der Waals surface area (Å²) in [5.74, 6) is 1.77. The smallest absolute Gasteiger partial charge is 0.124 e. The van der Waals surface area contributed by atoms with Gasteiger partial charge in [0.15, 0.2) is 0 Å². The van der Waals surface area contributed by atoms with E-state index in [1.807, 2.05) is 0 Å². The number of phenolic OH excluding ortho intramolecular Hbond substituents is 1. The lowest BCUT2D eigenvalue weighted by Crippen LogP contribution is -2.40. The molecule has 0 saturated carbocycles. The van der Waals surface area contributed by atoms with E-state index in [1.54, 1.807) is 0 Å². The lowest BCUT2D eigenvalue weighted by atomic mass is 9.80. The quantitative estimate of drug-likeness (QED) is 0.0783. The second kappa shape index (κ2) is 27.6. The Morgan fingerprint density at radius 2 is 0.894 bits per heavy atom. The summed E-state index contributed by atoms with van der Waals surface area (Å²) >= 11 is 0. The molecule has 0 unspecified atom stereocenters. The van der Waals surface area contributed by atoms with Crippen molar-refractivity contribution in [2.75, 3.05) is 0 Å². The Bertz CT molecular complexity index is 855. The molecular formula is C45H82O2. The molecule has 1 N–H and O–H groups in total. The van der Waals surface area contributed by atoms with Gasteiger partial charge < -0.3 is 9.84 Å². The maximum absolute atomic E-state index is 11.7. The molecule has 0 aliphatic carbocycles. The molecule has 0 fully saturated rings. The average Bonchev–Trinajstić information content (AvgIpc) is 3.08. The van der Waals surface area contributed by atoms with E-state index < -0.39 is 0 Å². The first-order valence-electron chi connectivity index (χ1n) is 21.7. The van der Waals surface area contributed by atoms with E-state index >= 15 is 0 Å². The van der Waals surface area contributed by atoms with Crippen molar-refractivity contribution in [1.29, 1.82) is 0 Å². The van der Waals surface area contributed by atoms with Crippen LogP contribution in [0.4, 0.5) is 0 Å². The standard InChI is InChI=1S/C45H82O2/c1-5-9-13-17-21-25-29-33-40-39-43-41(42(44(40)46)34-30-26-22-18-14-10-6-2)35-38-45(47-43,36-31-27-23-19-15-11-7-3)37-32-28-24-20-16-12-8-4/h39,46H,5-38H2,1-4H3. The van der Waals surface area contributed by atoms with Gasteiger partial charge in [-0.25, -0.2) is 0 Å². The Labute approximate surface area is 295 Å². The molecular weight excluding hydrogens is 572 g/mol. The lowest BCUT2D eigenvalue weighted by Gasteiger charge is -2.40. The van der Waals surface area contributed by atoms with Crippen molar-refractivity contribution < 1.29 is 9.84 Å². The molecule has 0 atom stereocenters. The largest absolute Gasteiger partial charge is 0.507 e. The number of aromatic hydroxyl groups is 1. The van der Waals surface area contributed by atoms with E-state index in [2.05, 4.69) is 33.8 Å². The highest BCUT2D eigenvalue weighted by Crippen LogP contribution is 2.45. The monoisotopic (exact) mass is 655 g/mol. The molecule has 2 heteroatoms. The van der Waals surface area contributed by atoms with E-state index in [4.69, 9.17) is 4.74 Å². The van der Waals surface area contributed by atoms with Gasteiger partial charge in [-0.3, -0.25) is 0 Å². The highest BCUT2D eigenvalue weighted by atomic mass is 16.5. The molecule has 1 aromatic carbocycles. The first-order chi connectivity index (χ1) is 23.1. The SMILES string of the molecule is CCCCCCCCCc1cc2c(c(CCCCCCCCC)c1O)CCC(CCCCCCCCC)(CCCCCCCCC)O2. The minimum atomic E-state index is -0.0100. The van der Waals surface area contributed by atoms with Gasteiger partial charge in [0.25, 0.3) is 0 Å². The predicted molar refractivity (Wildman–Crippen MR) is 208 cm³/mol. The zero-order chi connectivity index (χ0) is 33.8. The number of unbranched alkanes of at least 4 members (excludes halogenated alkanes) is 24. The van der Waals surface area contributed by atoms with E-state index in [9.17, 15) is 5.11 Å². The average molecular weight is 655 g/mol. The zero-order valence-electron chi connectivity index (χ0n) is 32.5. The third kappa shape index (κ3) is 17.9. The maximum Gasteiger partial charge on any atom is 0.124 e. The summed E-state index contributed by atoms with van der Waals surface area (Å²) in [4.78, 5) is 0. The van der Waals surface area contributed by atoms with E-state index in [-0.39, 0.29) is 5.60 Å². The lowest BCUT2D eigenvalue weighted by molar-refractivity contribution is 0.0235. The topological polar surface area (TPSA) is 29.5 Å². The van der Waals surface area contributed by atoms with Crippen molar-refractivity contribution in [1.82, 2.24) is 0 Å². The number of rotatable bonds is 32. The summed E-state index contributed by atoms with van der Waals surface area (Å²) in [5, 5.41) is 11.7. The van der Waals surface area contributed by atoms with Gasteiger partial charge >= 0.3 is 0 Å². The summed E-state index contributed by atoms with van der Waals surface area (Å²) in [6, 6.07) is 2.30. The third-order valence-electron chi connectivity index (χ3n) is 11.3. The molecule has 2 nitrogen and oxygen atoms in total. The van der Waals surface area contributed by atoms with Crippen LogP contribution in [0.3, 0.4) is 0 Å². The first-order valence-corrected chi connectivity index (χ1v) is 21.7. The molecule has 2 rings (SSSR count). The Morgan fingerprint density at radius 1 is 0.511 bits per heavy atom. The van der Waals surface area contributed by atoms with Crippen LogP contribution >= 0.6 is 0 Å². The van der Waals surface area contributed by atoms with Gasteiger partial charge in [-0.05, 0) is 75.8 Å². The van der Waals surface area contributed by atoms with Crippen LogP contribution in [0.15, 0.2) is 6.07 Å².